The Morgan fingerprint density at radius 1 is 1.38 bits per heavy atom. The maximum absolute atomic E-state index is 11.7. The zero-order valence-electron chi connectivity index (χ0n) is 12.6. The van der Waals surface area contributed by atoms with Crippen molar-refractivity contribution in [3.63, 3.8) is 0 Å². The van der Waals surface area contributed by atoms with Gasteiger partial charge in [0.1, 0.15) is 5.56 Å². The maximum atomic E-state index is 11.7. The summed E-state index contributed by atoms with van der Waals surface area (Å²) in [6.07, 6.45) is 9.07. The molecule has 1 saturated carbocycles. The minimum atomic E-state index is -0.954. The number of carboxylic acid groups (broad SMARTS) is 1. The number of anilines is 1. The Bertz CT molecular complexity index is 574. The number of carbonyl (C=O) groups is 1. The van der Waals surface area contributed by atoms with Gasteiger partial charge in [-0.2, -0.15) is 5.10 Å². The molecular weight excluding hydrogens is 266 g/mol. The van der Waals surface area contributed by atoms with Crippen LogP contribution in [-0.2, 0) is 12.8 Å². The summed E-state index contributed by atoms with van der Waals surface area (Å²) in [5.41, 5.74) is 1.79. The zero-order valence-corrected chi connectivity index (χ0v) is 12.6. The largest absolute Gasteiger partial charge is 0.478 e. The summed E-state index contributed by atoms with van der Waals surface area (Å²) in [5, 5.41) is 18.0. The van der Waals surface area contributed by atoms with E-state index in [-0.39, 0.29) is 5.56 Å². The highest BCUT2D eigenvalue weighted by Gasteiger charge is 2.29. The second kappa shape index (κ2) is 6.57. The number of nitrogens with zero attached hydrogens (tertiary/aromatic N) is 3. The summed E-state index contributed by atoms with van der Waals surface area (Å²) in [6.45, 7) is 5.02. The van der Waals surface area contributed by atoms with Crippen molar-refractivity contribution in [3.8, 4) is 12.3 Å². The summed E-state index contributed by atoms with van der Waals surface area (Å²) in [4.78, 5) is 13.6. The smallest absolute Gasteiger partial charge is 0.339 e. The lowest BCUT2D eigenvalue weighted by Crippen LogP contribution is -2.30. The van der Waals surface area contributed by atoms with Crippen molar-refractivity contribution in [2.75, 3.05) is 18.0 Å². The molecule has 0 unspecified atom stereocenters. The first-order chi connectivity index (χ1) is 10.1. The molecule has 0 bridgehead atoms. The van der Waals surface area contributed by atoms with E-state index in [1.165, 1.54) is 12.8 Å². The van der Waals surface area contributed by atoms with Crippen LogP contribution in [0.4, 0.5) is 5.82 Å². The van der Waals surface area contributed by atoms with Crippen LogP contribution >= 0.6 is 0 Å². The summed E-state index contributed by atoms with van der Waals surface area (Å²) >= 11 is 0. The van der Waals surface area contributed by atoms with E-state index in [0.29, 0.717) is 31.1 Å². The molecule has 2 rings (SSSR count). The Balaban J connectivity index is 2.49. The Hall–Kier alpha value is -2.09. The molecule has 0 saturated heterocycles. The summed E-state index contributed by atoms with van der Waals surface area (Å²) in [6, 6.07) is 0. The van der Waals surface area contributed by atoms with E-state index in [4.69, 9.17) is 6.42 Å². The van der Waals surface area contributed by atoms with Gasteiger partial charge in [-0.1, -0.05) is 19.8 Å². The number of aromatic carboxylic acids is 1. The van der Waals surface area contributed by atoms with E-state index < -0.39 is 5.97 Å². The van der Waals surface area contributed by atoms with E-state index in [1.807, 2.05) is 18.7 Å². The molecule has 0 atom stereocenters. The highest BCUT2D eigenvalue weighted by Crippen LogP contribution is 2.32. The average molecular weight is 287 g/mol. The molecule has 0 aromatic carbocycles. The highest BCUT2D eigenvalue weighted by molar-refractivity contribution is 5.95. The topological polar surface area (TPSA) is 66.3 Å². The summed E-state index contributed by atoms with van der Waals surface area (Å²) in [5.74, 6) is 2.66. The van der Waals surface area contributed by atoms with Crippen LogP contribution < -0.4 is 4.90 Å². The molecule has 0 amide bonds. The third-order valence-corrected chi connectivity index (χ3v) is 3.80. The Morgan fingerprint density at radius 3 is 2.57 bits per heavy atom. The van der Waals surface area contributed by atoms with Gasteiger partial charge in [0.15, 0.2) is 5.82 Å². The minimum absolute atomic E-state index is 0.264. The SMILES string of the molecule is C#CCN(CC1CC1)c1nnc(CC)c(CC)c1C(=O)O. The monoisotopic (exact) mass is 287 g/mol. The van der Waals surface area contributed by atoms with Crippen molar-refractivity contribution in [1.82, 2.24) is 10.2 Å². The Kier molecular flexibility index (Phi) is 4.79. The van der Waals surface area contributed by atoms with E-state index in [2.05, 4.69) is 16.1 Å². The normalized spacial score (nSPS) is 13.8. The molecule has 21 heavy (non-hydrogen) atoms. The summed E-state index contributed by atoms with van der Waals surface area (Å²) < 4.78 is 0. The molecule has 1 aromatic heterocycles. The highest BCUT2D eigenvalue weighted by atomic mass is 16.4. The quantitative estimate of drug-likeness (QED) is 0.778. The standard InChI is InChI=1S/C16H21N3O2/c1-4-9-19(10-11-7-8-11)15-14(16(20)21)12(5-2)13(6-3)17-18-15/h1,11H,5-10H2,2-3H3,(H,20,21). The van der Waals surface area contributed by atoms with Crippen LogP contribution in [0, 0.1) is 18.3 Å². The first-order valence-electron chi connectivity index (χ1n) is 7.42. The number of hydrogen-bond donors (Lipinski definition) is 1. The van der Waals surface area contributed by atoms with Gasteiger partial charge < -0.3 is 10.0 Å². The van der Waals surface area contributed by atoms with Gasteiger partial charge in [0, 0.05) is 6.54 Å². The number of terminal acetylenes is 1. The van der Waals surface area contributed by atoms with Crippen LogP contribution in [0.15, 0.2) is 0 Å². The number of aromatic nitrogens is 2. The molecule has 1 aromatic rings. The number of rotatable bonds is 7. The second-order valence-corrected chi connectivity index (χ2v) is 5.36. The van der Waals surface area contributed by atoms with Crippen molar-refractivity contribution < 1.29 is 9.90 Å². The molecule has 112 valence electrons. The Morgan fingerprint density at radius 2 is 2.10 bits per heavy atom. The minimum Gasteiger partial charge on any atom is -0.478 e. The van der Waals surface area contributed by atoms with Crippen molar-refractivity contribution in [2.45, 2.75) is 39.5 Å². The van der Waals surface area contributed by atoms with Crippen LogP contribution in [0.5, 0.6) is 0 Å². The Labute approximate surface area is 125 Å². The number of carboxylic acids is 1. The maximum Gasteiger partial charge on any atom is 0.339 e. The van der Waals surface area contributed by atoms with Crippen LogP contribution in [0.1, 0.15) is 48.3 Å². The van der Waals surface area contributed by atoms with Gasteiger partial charge in [-0.3, -0.25) is 0 Å². The van der Waals surface area contributed by atoms with E-state index in [0.717, 1.165) is 17.8 Å². The van der Waals surface area contributed by atoms with E-state index in [9.17, 15) is 9.90 Å². The molecular formula is C16H21N3O2. The van der Waals surface area contributed by atoms with Crippen molar-refractivity contribution in [3.05, 3.63) is 16.8 Å². The first kappa shape index (κ1) is 15.3. The molecule has 1 fully saturated rings. The number of aryl methyl sites for hydroxylation is 1. The second-order valence-electron chi connectivity index (χ2n) is 5.36. The lowest BCUT2D eigenvalue weighted by molar-refractivity contribution is 0.0695. The predicted octanol–water partition coefficient (Wildman–Crippen LogP) is 2.15. The van der Waals surface area contributed by atoms with Gasteiger partial charge in [-0.15, -0.1) is 11.5 Å². The van der Waals surface area contributed by atoms with E-state index >= 15 is 0 Å². The van der Waals surface area contributed by atoms with Gasteiger partial charge in [0.25, 0.3) is 0 Å². The molecule has 0 aliphatic heterocycles. The lowest BCUT2D eigenvalue weighted by Gasteiger charge is -2.24. The van der Waals surface area contributed by atoms with Crippen LogP contribution in [0.25, 0.3) is 0 Å². The van der Waals surface area contributed by atoms with Gasteiger partial charge in [-0.05, 0) is 37.2 Å². The average Bonchev–Trinajstić information content (AvgIpc) is 3.29. The third-order valence-electron chi connectivity index (χ3n) is 3.80. The molecule has 1 heterocycles. The van der Waals surface area contributed by atoms with E-state index in [1.54, 1.807) is 0 Å². The van der Waals surface area contributed by atoms with Crippen molar-refractivity contribution >= 4 is 11.8 Å². The fourth-order valence-corrected chi connectivity index (χ4v) is 2.56. The fourth-order valence-electron chi connectivity index (χ4n) is 2.56. The predicted molar refractivity (Wildman–Crippen MR) is 81.5 cm³/mol. The zero-order chi connectivity index (χ0) is 15.4. The summed E-state index contributed by atoms with van der Waals surface area (Å²) in [7, 11) is 0. The van der Waals surface area contributed by atoms with Gasteiger partial charge in [-0.25, -0.2) is 4.79 Å². The van der Waals surface area contributed by atoms with Crippen molar-refractivity contribution in [1.29, 1.82) is 0 Å². The van der Waals surface area contributed by atoms with Crippen LogP contribution in [0.3, 0.4) is 0 Å². The lowest BCUT2D eigenvalue weighted by atomic mass is 10.0. The fraction of sp³-hybridized carbons (Fsp3) is 0.562. The van der Waals surface area contributed by atoms with Gasteiger partial charge in [0.2, 0.25) is 0 Å². The van der Waals surface area contributed by atoms with Crippen LogP contribution in [0.2, 0.25) is 0 Å². The number of hydrogen-bond acceptors (Lipinski definition) is 4. The molecule has 1 aliphatic carbocycles. The van der Waals surface area contributed by atoms with Crippen LogP contribution in [-0.4, -0.2) is 34.4 Å². The van der Waals surface area contributed by atoms with Gasteiger partial charge >= 0.3 is 5.97 Å². The van der Waals surface area contributed by atoms with Gasteiger partial charge in [0.05, 0.1) is 12.2 Å². The van der Waals surface area contributed by atoms with Crippen molar-refractivity contribution in [2.24, 2.45) is 5.92 Å². The first-order valence-corrected chi connectivity index (χ1v) is 7.42. The molecule has 5 heteroatoms. The molecule has 5 nitrogen and oxygen atoms in total. The third kappa shape index (κ3) is 3.33. The molecule has 0 spiro atoms. The molecule has 1 aliphatic rings. The molecule has 1 N–H and O–H groups in total. The molecule has 0 radical (unpaired) electrons.